The first-order valence-corrected chi connectivity index (χ1v) is 5.99. The second-order valence-corrected chi connectivity index (χ2v) is 5.52. The molecule has 96 valence electrons. The summed E-state index contributed by atoms with van der Waals surface area (Å²) < 4.78 is 14.0. The Morgan fingerprint density at radius 1 is 1.50 bits per heavy atom. The van der Waals surface area contributed by atoms with Crippen LogP contribution in [0.1, 0.15) is 31.1 Å². The number of ketones is 1. The summed E-state index contributed by atoms with van der Waals surface area (Å²) in [6.45, 7) is 5.38. The second-order valence-electron chi connectivity index (χ2n) is 4.98. The van der Waals surface area contributed by atoms with Crippen molar-refractivity contribution in [2.24, 2.45) is 5.41 Å². The Labute approximate surface area is 108 Å². The van der Waals surface area contributed by atoms with Gasteiger partial charge in [0.2, 0.25) is 0 Å². The molecule has 2 heterocycles. The zero-order chi connectivity index (χ0) is 13.5. The molecule has 5 nitrogen and oxygen atoms in total. The molecule has 0 bridgehead atoms. The number of Topliss-reactive ketones (excluding diaryl/α,β-unsaturated/α-hetero) is 1. The molecule has 2 rings (SSSR count). The minimum absolute atomic E-state index is 0.0259. The molecule has 0 radical (unpaired) electrons. The number of hydrogen-bond donors (Lipinski definition) is 1. The lowest BCUT2D eigenvalue weighted by molar-refractivity contribution is 0.0860. The molecule has 2 N–H and O–H groups in total. The van der Waals surface area contributed by atoms with Crippen LogP contribution < -0.4 is 5.73 Å². The summed E-state index contributed by atoms with van der Waals surface area (Å²) in [7, 11) is 0. The molecule has 0 spiro atoms. The lowest BCUT2D eigenvalue weighted by atomic mass is 9.87. The van der Waals surface area contributed by atoms with E-state index in [2.05, 4.69) is 9.97 Å². The van der Waals surface area contributed by atoms with Gasteiger partial charge in [0, 0.05) is 11.6 Å². The molecule has 0 unspecified atom stereocenters. The summed E-state index contributed by atoms with van der Waals surface area (Å²) >= 11 is -0.0259. The highest BCUT2D eigenvalue weighted by Crippen LogP contribution is 2.29. The van der Waals surface area contributed by atoms with E-state index in [9.17, 15) is 8.68 Å². The molecule has 0 amide bonds. The summed E-state index contributed by atoms with van der Waals surface area (Å²) in [6, 6.07) is 0. The molecule has 0 aliphatic heterocycles. The van der Waals surface area contributed by atoms with E-state index in [1.54, 1.807) is 20.8 Å². The third kappa shape index (κ3) is 2.05. The number of anilines is 1. The Kier molecular flexibility index (Phi) is 3.02. The average molecular weight is 268 g/mol. The number of carbonyl (C=O) groups is 1. The van der Waals surface area contributed by atoms with Crippen LogP contribution in [0, 0.1) is 5.41 Å². The van der Waals surface area contributed by atoms with Gasteiger partial charge in [-0.05, 0) is 0 Å². The number of carbonyl (C=O) groups excluding carboxylic acids is 1. The van der Waals surface area contributed by atoms with Crippen molar-refractivity contribution in [2.45, 2.75) is 20.8 Å². The van der Waals surface area contributed by atoms with Gasteiger partial charge < -0.3 is 5.73 Å². The fourth-order valence-electron chi connectivity index (χ4n) is 1.60. The van der Waals surface area contributed by atoms with Crippen molar-refractivity contribution in [1.82, 2.24) is 13.9 Å². The van der Waals surface area contributed by atoms with Crippen molar-refractivity contribution >= 4 is 35.1 Å². The minimum Gasteiger partial charge on any atom is -0.382 e. The van der Waals surface area contributed by atoms with Gasteiger partial charge in [-0.1, -0.05) is 20.8 Å². The van der Waals surface area contributed by atoms with E-state index in [0.29, 0.717) is 16.7 Å². The molecule has 0 aromatic carbocycles. The molecule has 0 saturated heterocycles. The van der Waals surface area contributed by atoms with Crippen molar-refractivity contribution in [1.29, 1.82) is 0 Å². The van der Waals surface area contributed by atoms with Crippen LogP contribution in [0.4, 0.5) is 9.70 Å². The Bertz CT molecular complexity index is 617. The molecule has 18 heavy (non-hydrogen) atoms. The number of hydrogen-bond acceptors (Lipinski definition) is 5. The maximum atomic E-state index is 12.8. The smallest absolute Gasteiger partial charge is 0.172 e. The summed E-state index contributed by atoms with van der Waals surface area (Å²) in [4.78, 5) is 20.3. The van der Waals surface area contributed by atoms with Gasteiger partial charge in [-0.25, -0.2) is 13.9 Å². The van der Waals surface area contributed by atoms with Crippen molar-refractivity contribution < 1.29 is 8.68 Å². The summed E-state index contributed by atoms with van der Waals surface area (Å²) in [6.07, 6.45) is 2.74. The van der Waals surface area contributed by atoms with Crippen LogP contribution in [0.15, 0.2) is 12.4 Å². The molecule has 2 aromatic rings. The molecule has 0 atom stereocenters. The van der Waals surface area contributed by atoms with Crippen molar-refractivity contribution in [3.05, 3.63) is 18.0 Å². The molecule has 0 saturated carbocycles. The highest BCUT2D eigenvalue weighted by Gasteiger charge is 2.27. The molecule has 0 aliphatic carbocycles. The molecule has 0 aliphatic rings. The topological polar surface area (TPSA) is 73.8 Å². The van der Waals surface area contributed by atoms with Crippen LogP contribution in [0.5, 0.6) is 0 Å². The van der Waals surface area contributed by atoms with Crippen LogP contribution in [-0.2, 0) is 0 Å². The molecular weight excluding hydrogens is 255 g/mol. The SMILES string of the molecule is CC(C)(C)C(=O)c1cn(SF)c2ncc(N)nc12. The van der Waals surface area contributed by atoms with Crippen LogP contribution in [0.25, 0.3) is 11.2 Å². The number of rotatable bonds is 2. The van der Waals surface area contributed by atoms with E-state index in [1.807, 2.05) is 0 Å². The predicted molar refractivity (Wildman–Crippen MR) is 69.8 cm³/mol. The zero-order valence-corrected chi connectivity index (χ0v) is 11.1. The van der Waals surface area contributed by atoms with E-state index >= 15 is 0 Å². The maximum Gasteiger partial charge on any atom is 0.172 e. The number of halogens is 1. The minimum atomic E-state index is -0.577. The van der Waals surface area contributed by atoms with Crippen LogP contribution in [0.2, 0.25) is 0 Å². The number of aromatic nitrogens is 3. The molecule has 0 fully saturated rings. The van der Waals surface area contributed by atoms with Gasteiger partial charge in [0.1, 0.15) is 11.3 Å². The summed E-state index contributed by atoms with van der Waals surface area (Å²) in [5.41, 5.74) is 5.95. The van der Waals surface area contributed by atoms with E-state index < -0.39 is 5.41 Å². The van der Waals surface area contributed by atoms with Gasteiger partial charge in [-0.15, -0.1) is 3.89 Å². The first kappa shape index (κ1) is 12.8. The third-order valence-electron chi connectivity index (χ3n) is 2.48. The summed E-state index contributed by atoms with van der Waals surface area (Å²) in [5.74, 6) is 0.0762. The van der Waals surface area contributed by atoms with Crippen molar-refractivity contribution in [2.75, 3.05) is 5.73 Å². The largest absolute Gasteiger partial charge is 0.382 e. The average Bonchev–Trinajstić information content (AvgIpc) is 2.64. The first-order valence-electron chi connectivity index (χ1n) is 5.32. The fourth-order valence-corrected chi connectivity index (χ4v) is 1.94. The fraction of sp³-hybridized carbons (Fsp3) is 0.364. The second kappa shape index (κ2) is 4.24. The Morgan fingerprint density at radius 2 is 2.17 bits per heavy atom. The van der Waals surface area contributed by atoms with Gasteiger partial charge in [0.15, 0.2) is 23.8 Å². The van der Waals surface area contributed by atoms with Crippen molar-refractivity contribution in [3.63, 3.8) is 0 Å². The molecular formula is C11H13FN4OS. The maximum absolute atomic E-state index is 12.8. The van der Waals surface area contributed by atoms with Gasteiger partial charge >= 0.3 is 0 Å². The lowest BCUT2D eigenvalue weighted by Crippen LogP contribution is -2.20. The number of nitrogens with zero attached hydrogens (tertiary/aromatic N) is 3. The highest BCUT2D eigenvalue weighted by molar-refractivity contribution is 7.92. The highest BCUT2D eigenvalue weighted by atomic mass is 32.2. The lowest BCUT2D eigenvalue weighted by Gasteiger charge is -2.15. The van der Waals surface area contributed by atoms with Gasteiger partial charge in [-0.2, -0.15) is 0 Å². The third-order valence-corrected chi connectivity index (χ3v) is 2.91. The van der Waals surface area contributed by atoms with Crippen LogP contribution in [0.3, 0.4) is 0 Å². The number of nitrogens with two attached hydrogens (primary N) is 1. The predicted octanol–water partition coefficient (Wildman–Crippen LogP) is 2.62. The van der Waals surface area contributed by atoms with Gasteiger partial charge in [0.05, 0.1) is 11.8 Å². The van der Waals surface area contributed by atoms with Gasteiger partial charge in [-0.3, -0.25) is 4.79 Å². The Morgan fingerprint density at radius 3 is 2.72 bits per heavy atom. The summed E-state index contributed by atoms with van der Waals surface area (Å²) in [5, 5.41) is 0. The van der Waals surface area contributed by atoms with Gasteiger partial charge in [0.25, 0.3) is 0 Å². The van der Waals surface area contributed by atoms with Crippen molar-refractivity contribution in [3.8, 4) is 0 Å². The first-order chi connectivity index (χ1) is 8.34. The van der Waals surface area contributed by atoms with Crippen LogP contribution >= 0.6 is 12.3 Å². The molecule has 7 heteroatoms. The van der Waals surface area contributed by atoms with E-state index in [4.69, 9.17) is 5.73 Å². The quantitative estimate of drug-likeness (QED) is 0.847. The monoisotopic (exact) mass is 268 g/mol. The normalized spacial score (nSPS) is 12.0. The van der Waals surface area contributed by atoms with Crippen LogP contribution in [-0.4, -0.2) is 19.7 Å². The van der Waals surface area contributed by atoms with E-state index in [-0.39, 0.29) is 23.9 Å². The van der Waals surface area contributed by atoms with E-state index in [0.717, 1.165) is 0 Å². The Balaban J connectivity index is 2.71. The number of nitrogen functional groups attached to an aromatic ring is 1. The molecule has 2 aromatic heterocycles. The standard InChI is InChI=1S/C11H13FN4OS/c1-11(2,3)9(17)6-5-16(18-12)10-8(6)15-7(13)4-14-10/h4-5H,1-3H3,(H2,13,15). The Hall–Kier alpha value is -1.63. The van der Waals surface area contributed by atoms with E-state index in [1.165, 1.54) is 16.4 Å². The zero-order valence-electron chi connectivity index (χ0n) is 10.3. The number of fused-ring (bicyclic) bond motifs is 1.